The summed E-state index contributed by atoms with van der Waals surface area (Å²) in [4.78, 5) is 38.3. The van der Waals surface area contributed by atoms with Crippen molar-refractivity contribution in [1.82, 2.24) is 10.9 Å². The number of Topliss-reactive ketones (excluding diaryl/α,β-unsaturated/α-hetero) is 1. The number of ketones is 1. The minimum atomic E-state index is -0.418. The van der Waals surface area contributed by atoms with Crippen molar-refractivity contribution in [1.29, 1.82) is 0 Å². The second-order valence-corrected chi connectivity index (χ2v) is 7.97. The average molecular weight is 362 g/mol. The van der Waals surface area contributed by atoms with Crippen LogP contribution in [0.25, 0.3) is 0 Å². The largest absolute Gasteiger partial charge is 0.294 e. The van der Waals surface area contributed by atoms with Crippen LogP contribution in [0.4, 0.5) is 0 Å². The molecule has 2 N–H and O–H groups in total. The van der Waals surface area contributed by atoms with Crippen molar-refractivity contribution in [2.75, 3.05) is 0 Å². The summed E-state index contributed by atoms with van der Waals surface area (Å²) in [5, 5.41) is 0. The van der Waals surface area contributed by atoms with Crippen LogP contribution < -0.4 is 10.9 Å². The fraction of sp³-hybridized carbons (Fsp3) is 0.353. The van der Waals surface area contributed by atoms with E-state index in [9.17, 15) is 14.4 Å². The van der Waals surface area contributed by atoms with Gasteiger partial charge in [-0.1, -0.05) is 6.42 Å². The number of nitrogens with one attached hydrogen (secondary N) is 2. The molecule has 1 aliphatic carbocycles. The molecule has 2 aromatic rings. The van der Waals surface area contributed by atoms with Crippen molar-refractivity contribution in [2.45, 2.75) is 39.0 Å². The number of fused-ring (bicyclic) bond motifs is 1. The maximum atomic E-state index is 12.2. The van der Waals surface area contributed by atoms with Crippen LogP contribution in [0.15, 0.2) is 18.2 Å². The van der Waals surface area contributed by atoms with Gasteiger partial charge in [0.15, 0.2) is 5.78 Å². The molecule has 0 saturated carbocycles. The number of rotatable bonds is 3. The Labute approximate surface area is 148 Å². The first-order valence-electron chi connectivity index (χ1n) is 7.87. The minimum absolute atomic E-state index is 0.0804. The number of hydrazine groups is 1. The van der Waals surface area contributed by atoms with Gasteiger partial charge >= 0.3 is 0 Å². The summed E-state index contributed by atoms with van der Waals surface area (Å²) in [5.74, 6) is -0.799. The highest BCUT2D eigenvalue weighted by atomic mass is 32.1. The molecule has 2 heterocycles. The van der Waals surface area contributed by atoms with E-state index in [2.05, 4.69) is 10.9 Å². The van der Waals surface area contributed by atoms with Crippen LogP contribution in [0.1, 0.15) is 65.6 Å². The van der Waals surface area contributed by atoms with Crippen molar-refractivity contribution >= 4 is 40.3 Å². The molecule has 0 saturated heterocycles. The normalized spacial score (nSPS) is 13.7. The molecule has 2 amide bonds. The van der Waals surface area contributed by atoms with Gasteiger partial charge in [0.1, 0.15) is 0 Å². The predicted octanol–water partition coefficient (Wildman–Crippen LogP) is 3.36. The van der Waals surface area contributed by atoms with Crippen LogP contribution >= 0.6 is 22.7 Å². The van der Waals surface area contributed by atoms with Gasteiger partial charge < -0.3 is 0 Å². The zero-order valence-corrected chi connectivity index (χ0v) is 14.9. The Hall–Kier alpha value is -1.99. The Morgan fingerprint density at radius 2 is 1.54 bits per heavy atom. The average Bonchev–Trinajstić information content (AvgIpc) is 3.15. The van der Waals surface area contributed by atoms with E-state index >= 15 is 0 Å². The van der Waals surface area contributed by atoms with E-state index < -0.39 is 5.91 Å². The molecule has 0 spiro atoms. The van der Waals surface area contributed by atoms with Gasteiger partial charge in [-0.15, -0.1) is 22.7 Å². The summed E-state index contributed by atoms with van der Waals surface area (Å²) in [6.07, 6.45) is 5.62. The number of thiophene rings is 2. The molecule has 0 bridgehead atoms. The topological polar surface area (TPSA) is 75.3 Å². The van der Waals surface area contributed by atoms with Crippen molar-refractivity contribution in [3.63, 3.8) is 0 Å². The molecule has 0 unspecified atom stereocenters. The third kappa shape index (κ3) is 3.73. The van der Waals surface area contributed by atoms with E-state index in [0.29, 0.717) is 14.6 Å². The van der Waals surface area contributed by atoms with E-state index in [1.54, 1.807) is 12.1 Å². The zero-order chi connectivity index (χ0) is 17.1. The summed E-state index contributed by atoms with van der Waals surface area (Å²) in [5.41, 5.74) is 6.13. The lowest BCUT2D eigenvalue weighted by atomic mass is 10.1. The second-order valence-electron chi connectivity index (χ2n) is 5.75. The molecule has 3 rings (SSSR count). The lowest BCUT2D eigenvalue weighted by Crippen LogP contribution is -2.41. The molecule has 0 aromatic carbocycles. The Balaban J connectivity index is 1.60. The number of hydrogen-bond donors (Lipinski definition) is 2. The van der Waals surface area contributed by atoms with Crippen LogP contribution in [0.5, 0.6) is 0 Å². The number of carbonyl (C=O) groups excluding carboxylic acids is 3. The second kappa shape index (κ2) is 7.27. The van der Waals surface area contributed by atoms with Gasteiger partial charge in [0.25, 0.3) is 11.8 Å². The Morgan fingerprint density at radius 3 is 2.25 bits per heavy atom. The molecule has 0 fully saturated rings. The molecule has 0 radical (unpaired) electrons. The standard InChI is InChI=1S/C17H18N2O3S2/c1-10(20)12-7-8-14(23-12)16(21)18-19-17(22)15-9-11-5-3-2-4-6-13(11)24-15/h7-9H,2-6H2,1H3,(H,18,21)(H,19,22). The monoisotopic (exact) mass is 362 g/mol. The SMILES string of the molecule is CC(=O)c1ccc(C(=O)NNC(=O)c2cc3c(s2)CCCCC3)s1. The number of aryl methyl sites for hydroxylation is 2. The van der Waals surface area contributed by atoms with Crippen molar-refractivity contribution in [2.24, 2.45) is 0 Å². The highest BCUT2D eigenvalue weighted by molar-refractivity contribution is 7.16. The molecule has 0 atom stereocenters. The third-order valence-electron chi connectivity index (χ3n) is 3.94. The number of hydrogen-bond acceptors (Lipinski definition) is 5. The first kappa shape index (κ1) is 16.9. The number of carbonyl (C=O) groups is 3. The van der Waals surface area contributed by atoms with Crippen LogP contribution in [0.3, 0.4) is 0 Å². The van der Waals surface area contributed by atoms with E-state index in [1.807, 2.05) is 6.07 Å². The molecule has 1 aliphatic rings. The molecular formula is C17H18N2O3S2. The highest BCUT2D eigenvalue weighted by Gasteiger charge is 2.17. The van der Waals surface area contributed by atoms with E-state index in [0.717, 1.165) is 24.2 Å². The maximum Gasteiger partial charge on any atom is 0.279 e. The van der Waals surface area contributed by atoms with Gasteiger partial charge in [0.05, 0.1) is 14.6 Å². The lowest BCUT2D eigenvalue weighted by Gasteiger charge is -2.04. The Kier molecular flexibility index (Phi) is 5.11. The molecule has 24 heavy (non-hydrogen) atoms. The molecular weight excluding hydrogens is 344 g/mol. The number of amides is 2. The van der Waals surface area contributed by atoms with E-state index in [1.165, 1.54) is 48.0 Å². The lowest BCUT2D eigenvalue weighted by molar-refractivity contribution is 0.0851. The molecule has 2 aromatic heterocycles. The summed E-state index contributed by atoms with van der Waals surface area (Å²) in [6.45, 7) is 1.45. The summed E-state index contributed by atoms with van der Waals surface area (Å²) in [6, 6.07) is 5.13. The first-order chi connectivity index (χ1) is 11.5. The summed E-state index contributed by atoms with van der Waals surface area (Å²) in [7, 11) is 0. The van der Waals surface area contributed by atoms with Gasteiger partial charge in [-0.2, -0.15) is 0 Å². The van der Waals surface area contributed by atoms with Gasteiger partial charge in [0, 0.05) is 4.88 Å². The van der Waals surface area contributed by atoms with Gasteiger partial charge in [-0.05, 0) is 56.4 Å². The van der Waals surface area contributed by atoms with Crippen LogP contribution in [0, 0.1) is 0 Å². The zero-order valence-electron chi connectivity index (χ0n) is 13.3. The molecule has 7 heteroatoms. The fourth-order valence-corrected chi connectivity index (χ4v) is 4.61. The van der Waals surface area contributed by atoms with Gasteiger partial charge in [0.2, 0.25) is 0 Å². The Morgan fingerprint density at radius 1 is 0.875 bits per heavy atom. The van der Waals surface area contributed by atoms with Crippen LogP contribution in [-0.4, -0.2) is 17.6 Å². The maximum absolute atomic E-state index is 12.2. The highest BCUT2D eigenvalue weighted by Crippen LogP contribution is 2.28. The van der Waals surface area contributed by atoms with Crippen molar-refractivity contribution in [3.05, 3.63) is 43.3 Å². The molecule has 0 aliphatic heterocycles. The van der Waals surface area contributed by atoms with Gasteiger partial charge in [-0.3, -0.25) is 25.2 Å². The fourth-order valence-electron chi connectivity index (χ4n) is 2.67. The smallest absolute Gasteiger partial charge is 0.279 e. The summed E-state index contributed by atoms with van der Waals surface area (Å²) < 4.78 is 0. The first-order valence-corrected chi connectivity index (χ1v) is 9.51. The minimum Gasteiger partial charge on any atom is -0.294 e. The summed E-state index contributed by atoms with van der Waals surface area (Å²) >= 11 is 2.62. The van der Waals surface area contributed by atoms with Crippen molar-refractivity contribution in [3.8, 4) is 0 Å². The quantitative estimate of drug-likeness (QED) is 0.499. The van der Waals surface area contributed by atoms with E-state index in [-0.39, 0.29) is 11.7 Å². The van der Waals surface area contributed by atoms with Crippen LogP contribution in [-0.2, 0) is 12.8 Å². The predicted molar refractivity (Wildman–Crippen MR) is 94.8 cm³/mol. The van der Waals surface area contributed by atoms with Crippen LogP contribution in [0.2, 0.25) is 0 Å². The molecule has 126 valence electrons. The van der Waals surface area contributed by atoms with Gasteiger partial charge in [-0.25, -0.2) is 0 Å². The van der Waals surface area contributed by atoms with Crippen molar-refractivity contribution < 1.29 is 14.4 Å². The Bertz CT molecular complexity index is 768. The molecule has 5 nitrogen and oxygen atoms in total. The van der Waals surface area contributed by atoms with E-state index in [4.69, 9.17) is 0 Å². The third-order valence-corrected chi connectivity index (χ3v) is 6.36.